The lowest BCUT2D eigenvalue weighted by Crippen LogP contribution is -2.20. The molecule has 0 saturated heterocycles. The monoisotopic (exact) mass is 406 g/mol. The molecule has 1 aliphatic rings. The van der Waals surface area contributed by atoms with Gasteiger partial charge in [0.2, 0.25) is 0 Å². The third-order valence-corrected chi connectivity index (χ3v) is 5.42. The molecule has 5 rings (SSSR count). The van der Waals surface area contributed by atoms with Crippen molar-refractivity contribution in [2.45, 2.75) is 19.4 Å². The number of nitrogens with zero attached hydrogens (tertiary/aromatic N) is 4. The summed E-state index contributed by atoms with van der Waals surface area (Å²) >= 11 is 0. The standard InChI is InChI=1S/C26H22N4O/c1-18-16-25(28-26(27-18)21-14-8-9-15-24(21)31)30-23(20-12-6-3-7-13-20)17-22(29-30)19-10-4-2-5-11-19/h2-16,23,31H,17H2,1H3/t23-/m0/s1. The first-order valence-corrected chi connectivity index (χ1v) is 10.3. The molecule has 0 radical (unpaired) electrons. The van der Waals surface area contributed by atoms with E-state index in [2.05, 4.69) is 29.2 Å². The molecule has 1 aromatic heterocycles. The predicted molar refractivity (Wildman–Crippen MR) is 123 cm³/mol. The number of benzene rings is 3. The van der Waals surface area contributed by atoms with Gasteiger partial charge in [0, 0.05) is 18.2 Å². The van der Waals surface area contributed by atoms with Crippen LogP contribution in [0.25, 0.3) is 11.4 Å². The van der Waals surface area contributed by atoms with Crippen LogP contribution in [-0.4, -0.2) is 20.8 Å². The Kier molecular flexibility index (Phi) is 4.92. The minimum atomic E-state index is 0.0305. The van der Waals surface area contributed by atoms with Gasteiger partial charge < -0.3 is 5.11 Å². The fourth-order valence-corrected chi connectivity index (χ4v) is 3.91. The van der Waals surface area contributed by atoms with Crippen molar-refractivity contribution in [2.75, 3.05) is 5.01 Å². The summed E-state index contributed by atoms with van der Waals surface area (Å²) in [6.45, 7) is 1.93. The third-order valence-electron chi connectivity index (χ3n) is 5.42. The Morgan fingerprint density at radius 2 is 1.52 bits per heavy atom. The minimum Gasteiger partial charge on any atom is -0.507 e. The second-order valence-corrected chi connectivity index (χ2v) is 7.60. The normalized spacial score (nSPS) is 15.7. The predicted octanol–water partition coefficient (Wildman–Crippen LogP) is 5.51. The zero-order chi connectivity index (χ0) is 21.2. The maximum atomic E-state index is 10.3. The third kappa shape index (κ3) is 3.78. The van der Waals surface area contributed by atoms with Gasteiger partial charge in [0.15, 0.2) is 11.6 Å². The van der Waals surface area contributed by atoms with Crippen LogP contribution in [0, 0.1) is 6.92 Å². The number of hydrogen-bond donors (Lipinski definition) is 1. The van der Waals surface area contributed by atoms with E-state index in [1.807, 2.05) is 66.5 Å². The molecule has 1 atom stereocenters. The average Bonchev–Trinajstić information content (AvgIpc) is 3.26. The first kappa shape index (κ1) is 19.0. The first-order valence-electron chi connectivity index (χ1n) is 10.3. The van der Waals surface area contributed by atoms with Crippen molar-refractivity contribution < 1.29 is 5.11 Å². The van der Waals surface area contributed by atoms with E-state index in [0.29, 0.717) is 17.2 Å². The van der Waals surface area contributed by atoms with E-state index < -0.39 is 0 Å². The first-order chi connectivity index (χ1) is 15.2. The zero-order valence-corrected chi connectivity index (χ0v) is 17.2. The molecular weight excluding hydrogens is 384 g/mol. The second kappa shape index (κ2) is 8.03. The Bertz CT molecular complexity index is 1240. The highest BCUT2D eigenvalue weighted by atomic mass is 16.3. The largest absolute Gasteiger partial charge is 0.507 e. The van der Waals surface area contributed by atoms with Gasteiger partial charge in [-0.1, -0.05) is 72.8 Å². The molecule has 31 heavy (non-hydrogen) atoms. The van der Waals surface area contributed by atoms with Gasteiger partial charge in [-0.15, -0.1) is 0 Å². The van der Waals surface area contributed by atoms with E-state index in [9.17, 15) is 5.11 Å². The Balaban J connectivity index is 1.62. The lowest BCUT2D eigenvalue weighted by molar-refractivity contribution is 0.477. The summed E-state index contributed by atoms with van der Waals surface area (Å²) < 4.78 is 0. The number of hydrogen-bond acceptors (Lipinski definition) is 5. The zero-order valence-electron chi connectivity index (χ0n) is 17.2. The summed E-state index contributed by atoms with van der Waals surface area (Å²) in [5.74, 6) is 1.36. The minimum absolute atomic E-state index is 0.0305. The summed E-state index contributed by atoms with van der Waals surface area (Å²) in [4.78, 5) is 9.36. The molecule has 0 amide bonds. The van der Waals surface area contributed by atoms with Crippen LogP contribution in [0.2, 0.25) is 0 Å². The molecule has 5 heteroatoms. The topological polar surface area (TPSA) is 61.6 Å². The number of hydrazone groups is 1. The summed E-state index contributed by atoms with van der Waals surface area (Å²) in [5.41, 5.74) is 4.73. The van der Waals surface area contributed by atoms with Crippen LogP contribution >= 0.6 is 0 Å². The number of aromatic nitrogens is 2. The number of phenols is 1. The number of aromatic hydroxyl groups is 1. The summed E-state index contributed by atoms with van der Waals surface area (Å²) in [5, 5.41) is 17.3. The Hall–Kier alpha value is -3.99. The molecule has 0 aliphatic carbocycles. The van der Waals surface area contributed by atoms with Crippen LogP contribution in [-0.2, 0) is 0 Å². The number of para-hydroxylation sites is 1. The molecule has 0 unspecified atom stereocenters. The van der Waals surface area contributed by atoms with Gasteiger partial charge in [0.25, 0.3) is 0 Å². The van der Waals surface area contributed by atoms with Gasteiger partial charge in [0.1, 0.15) is 5.75 Å². The maximum absolute atomic E-state index is 10.3. The fraction of sp³-hybridized carbons (Fsp3) is 0.115. The van der Waals surface area contributed by atoms with Crippen molar-refractivity contribution in [3.63, 3.8) is 0 Å². The number of rotatable bonds is 4. The molecule has 1 aliphatic heterocycles. The smallest absolute Gasteiger partial charge is 0.165 e. The van der Waals surface area contributed by atoms with Gasteiger partial charge >= 0.3 is 0 Å². The van der Waals surface area contributed by atoms with Gasteiger partial charge in [0.05, 0.1) is 17.3 Å². The van der Waals surface area contributed by atoms with Crippen LogP contribution in [0.4, 0.5) is 5.82 Å². The van der Waals surface area contributed by atoms with Crippen molar-refractivity contribution in [3.8, 4) is 17.1 Å². The van der Waals surface area contributed by atoms with Crippen LogP contribution in [0.5, 0.6) is 5.75 Å². The highest BCUT2D eigenvalue weighted by Crippen LogP contribution is 2.37. The van der Waals surface area contributed by atoms with Crippen LogP contribution in [0.15, 0.2) is 96.1 Å². The average molecular weight is 406 g/mol. The Labute approximate surface area is 181 Å². The molecular formula is C26H22N4O. The molecule has 4 aromatic rings. The molecule has 0 bridgehead atoms. The molecule has 0 fully saturated rings. The van der Waals surface area contributed by atoms with E-state index >= 15 is 0 Å². The van der Waals surface area contributed by atoms with E-state index in [0.717, 1.165) is 23.4 Å². The summed E-state index contributed by atoms with van der Waals surface area (Å²) in [6, 6.07) is 29.7. The van der Waals surface area contributed by atoms with E-state index in [1.165, 1.54) is 5.56 Å². The van der Waals surface area contributed by atoms with Crippen LogP contribution in [0.3, 0.4) is 0 Å². The maximum Gasteiger partial charge on any atom is 0.165 e. The lowest BCUT2D eigenvalue weighted by atomic mass is 9.98. The van der Waals surface area contributed by atoms with Crippen LogP contribution < -0.4 is 5.01 Å². The molecule has 152 valence electrons. The van der Waals surface area contributed by atoms with Gasteiger partial charge in [-0.3, -0.25) is 0 Å². The van der Waals surface area contributed by atoms with E-state index in [4.69, 9.17) is 10.1 Å². The Morgan fingerprint density at radius 3 is 2.26 bits per heavy atom. The van der Waals surface area contributed by atoms with Gasteiger partial charge in [-0.25, -0.2) is 15.0 Å². The van der Waals surface area contributed by atoms with Crippen molar-refractivity contribution in [1.82, 2.24) is 9.97 Å². The van der Waals surface area contributed by atoms with Gasteiger partial charge in [-0.05, 0) is 30.2 Å². The lowest BCUT2D eigenvalue weighted by Gasteiger charge is -2.23. The molecule has 2 heterocycles. The van der Waals surface area contributed by atoms with Crippen molar-refractivity contribution >= 4 is 11.5 Å². The molecule has 0 saturated carbocycles. The fourth-order valence-electron chi connectivity index (χ4n) is 3.91. The van der Waals surface area contributed by atoms with Crippen molar-refractivity contribution in [3.05, 3.63) is 108 Å². The molecule has 3 aromatic carbocycles. The second-order valence-electron chi connectivity index (χ2n) is 7.60. The van der Waals surface area contributed by atoms with E-state index in [-0.39, 0.29) is 11.8 Å². The number of aryl methyl sites for hydroxylation is 1. The van der Waals surface area contributed by atoms with Gasteiger partial charge in [-0.2, -0.15) is 5.10 Å². The van der Waals surface area contributed by atoms with E-state index in [1.54, 1.807) is 12.1 Å². The highest BCUT2D eigenvalue weighted by molar-refractivity contribution is 6.03. The number of phenolic OH excluding ortho intramolecular Hbond substituents is 1. The molecule has 0 spiro atoms. The Morgan fingerprint density at radius 1 is 0.839 bits per heavy atom. The van der Waals surface area contributed by atoms with Crippen molar-refractivity contribution in [1.29, 1.82) is 0 Å². The molecule has 5 nitrogen and oxygen atoms in total. The van der Waals surface area contributed by atoms with Crippen molar-refractivity contribution in [2.24, 2.45) is 5.10 Å². The summed E-state index contributed by atoms with van der Waals surface area (Å²) in [6.07, 6.45) is 0.781. The highest BCUT2D eigenvalue weighted by Gasteiger charge is 2.31. The number of anilines is 1. The summed E-state index contributed by atoms with van der Waals surface area (Å²) in [7, 11) is 0. The van der Waals surface area contributed by atoms with Crippen LogP contribution in [0.1, 0.15) is 29.3 Å². The quantitative estimate of drug-likeness (QED) is 0.485. The SMILES string of the molecule is Cc1cc(N2N=C(c3ccccc3)C[C@H]2c2ccccc2)nc(-c2ccccc2O)n1. The molecule has 1 N–H and O–H groups in total.